The van der Waals surface area contributed by atoms with Crippen molar-refractivity contribution in [2.24, 2.45) is 0 Å². The first-order valence-corrected chi connectivity index (χ1v) is 11.9. The predicted molar refractivity (Wildman–Crippen MR) is 137 cm³/mol. The first kappa shape index (κ1) is 24.2. The summed E-state index contributed by atoms with van der Waals surface area (Å²) in [6, 6.07) is 15.0. The molecule has 1 aliphatic heterocycles. The molecular weight excluding hydrogens is 472 g/mol. The maximum absolute atomic E-state index is 6.13. The van der Waals surface area contributed by atoms with Gasteiger partial charge in [0.25, 0.3) is 5.89 Å². The molecule has 1 aliphatic rings. The van der Waals surface area contributed by atoms with Crippen molar-refractivity contribution in [3.05, 3.63) is 70.7 Å². The lowest BCUT2D eigenvalue weighted by Crippen LogP contribution is -2.46. The molecule has 7 nitrogen and oxygen atoms in total. The maximum Gasteiger partial charge on any atom is 0.258 e. The van der Waals surface area contributed by atoms with Crippen LogP contribution in [-0.2, 0) is 4.74 Å². The average molecular weight is 499 g/mol. The minimum absolute atomic E-state index is 0.253. The monoisotopic (exact) mass is 498 g/mol. The number of aromatic nitrogens is 2. The molecule has 4 rings (SSSR count). The number of nitrogens with zero attached hydrogens (tertiary/aromatic N) is 3. The van der Waals surface area contributed by atoms with Gasteiger partial charge < -0.3 is 24.2 Å². The van der Waals surface area contributed by atoms with Crippen LogP contribution < -0.4 is 10.1 Å². The van der Waals surface area contributed by atoms with Gasteiger partial charge in [-0.3, -0.25) is 0 Å². The lowest BCUT2D eigenvalue weighted by molar-refractivity contribution is 0.188. The Hall–Kier alpha value is -2.94. The average Bonchev–Trinajstić information content (AvgIpc) is 3.32. The molecule has 1 N–H and O–H groups in total. The zero-order valence-electron chi connectivity index (χ0n) is 19.4. The van der Waals surface area contributed by atoms with E-state index in [-0.39, 0.29) is 6.04 Å². The molecule has 0 spiro atoms. The molecule has 0 radical (unpaired) electrons. The molecule has 1 atom stereocenters. The van der Waals surface area contributed by atoms with E-state index in [2.05, 4.69) is 15.4 Å². The number of hydrogen-bond acceptors (Lipinski definition) is 6. The number of thiocarbonyl (C=S) groups is 1. The number of nitrogens with one attached hydrogen (secondary N) is 1. The van der Waals surface area contributed by atoms with Gasteiger partial charge in [0.1, 0.15) is 5.75 Å². The Morgan fingerprint density at radius 1 is 1.15 bits per heavy atom. The number of rotatable bonds is 9. The van der Waals surface area contributed by atoms with Crippen LogP contribution in [0.25, 0.3) is 17.0 Å². The van der Waals surface area contributed by atoms with E-state index in [0.717, 1.165) is 34.6 Å². The van der Waals surface area contributed by atoms with E-state index >= 15 is 0 Å². The molecule has 0 aliphatic carbocycles. The first-order valence-electron chi connectivity index (χ1n) is 11.1. The van der Waals surface area contributed by atoms with Crippen LogP contribution in [0.5, 0.6) is 5.75 Å². The minimum Gasteiger partial charge on any atom is -0.494 e. The molecule has 0 saturated heterocycles. The van der Waals surface area contributed by atoms with Crippen LogP contribution in [0.2, 0.25) is 5.02 Å². The summed E-state index contributed by atoms with van der Waals surface area (Å²) in [5.74, 6) is 1.74. The zero-order chi connectivity index (χ0) is 24.1. The highest BCUT2D eigenvalue weighted by molar-refractivity contribution is 7.80. The van der Waals surface area contributed by atoms with Crippen molar-refractivity contribution >= 4 is 34.5 Å². The summed E-state index contributed by atoms with van der Waals surface area (Å²) < 4.78 is 16.5. The van der Waals surface area contributed by atoms with Crippen LogP contribution in [0.3, 0.4) is 0 Å². The van der Waals surface area contributed by atoms with Crippen LogP contribution in [0.1, 0.15) is 37.8 Å². The van der Waals surface area contributed by atoms with Crippen LogP contribution in [0, 0.1) is 0 Å². The molecule has 0 saturated carbocycles. The lowest BCUT2D eigenvalue weighted by atomic mass is 9.95. The van der Waals surface area contributed by atoms with E-state index < -0.39 is 0 Å². The second-order valence-electron chi connectivity index (χ2n) is 7.81. The molecule has 2 aromatic carbocycles. The van der Waals surface area contributed by atoms with Crippen molar-refractivity contribution in [1.82, 2.24) is 20.4 Å². The summed E-state index contributed by atoms with van der Waals surface area (Å²) in [6.07, 6.45) is 0.829. The summed E-state index contributed by atoms with van der Waals surface area (Å²) in [5.41, 5.74) is 3.68. The van der Waals surface area contributed by atoms with Crippen molar-refractivity contribution in [3.8, 4) is 17.1 Å². The Balaban J connectivity index is 1.72. The standard InChI is InChI=1S/C25H27ClN4O3S/c1-4-32-20-12-8-18(9-13-20)23-28-24(33-29-23)21-16(2)30(14-5-15-31-3)25(34)27-22(21)17-6-10-19(26)11-7-17/h6-13,22H,4-5,14-15H2,1-3H3,(H,27,34). The quantitative estimate of drug-likeness (QED) is 0.307. The molecular formula is C25H27ClN4O3S. The van der Waals surface area contributed by atoms with Crippen LogP contribution in [-0.4, -0.2) is 47.0 Å². The van der Waals surface area contributed by atoms with Gasteiger partial charge in [-0.05, 0) is 74.4 Å². The third-order valence-electron chi connectivity index (χ3n) is 5.61. The van der Waals surface area contributed by atoms with Gasteiger partial charge in [-0.15, -0.1) is 0 Å². The number of benzene rings is 2. The third-order valence-corrected chi connectivity index (χ3v) is 6.20. The molecule has 178 valence electrons. The Kier molecular flexibility index (Phi) is 7.82. The van der Waals surface area contributed by atoms with Gasteiger partial charge in [0.15, 0.2) is 5.11 Å². The van der Waals surface area contributed by atoms with Gasteiger partial charge in [0, 0.05) is 36.5 Å². The second kappa shape index (κ2) is 11.0. The van der Waals surface area contributed by atoms with Crippen molar-refractivity contribution in [3.63, 3.8) is 0 Å². The highest BCUT2D eigenvalue weighted by atomic mass is 35.5. The van der Waals surface area contributed by atoms with E-state index in [0.29, 0.717) is 41.6 Å². The molecule has 34 heavy (non-hydrogen) atoms. The van der Waals surface area contributed by atoms with Crippen LogP contribution in [0.15, 0.2) is 58.8 Å². The fraction of sp³-hybridized carbons (Fsp3) is 0.320. The summed E-state index contributed by atoms with van der Waals surface area (Å²) in [7, 11) is 1.69. The van der Waals surface area contributed by atoms with Crippen molar-refractivity contribution in [1.29, 1.82) is 0 Å². The Bertz CT molecular complexity index is 1160. The van der Waals surface area contributed by atoms with E-state index in [1.54, 1.807) is 7.11 Å². The predicted octanol–water partition coefficient (Wildman–Crippen LogP) is 5.49. The van der Waals surface area contributed by atoms with Crippen LogP contribution in [0.4, 0.5) is 0 Å². The van der Waals surface area contributed by atoms with Crippen LogP contribution >= 0.6 is 23.8 Å². The Morgan fingerprint density at radius 3 is 2.56 bits per heavy atom. The number of ether oxygens (including phenoxy) is 2. The lowest BCUT2D eigenvalue weighted by Gasteiger charge is -2.37. The molecule has 3 aromatic rings. The number of methoxy groups -OCH3 is 1. The molecule has 9 heteroatoms. The molecule has 0 fully saturated rings. The second-order valence-corrected chi connectivity index (χ2v) is 8.63. The maximum atomic E-state index is 6.13. The van der Waals surface area contributed by atoms with Gasteiger partial charge in [-0.1, -0.05) is 28.9 Å². The van der Waals surface area contributed by atoms with E-state index in [1.165, 1.54) is 0 Å². The number of hydrogen-bond donors (Lipinski definition) is 1. The molecule has 2 heterocycles. The normalized spacial score (nSPS) is 16.1. The minimum atomic E-state index is -0.253. The van der Waals surface area contributed by atoms with Gasteiger partial charge in [-0.25, -0.2) is 0 Å². The fourth-order valence-corrected chi connectivity index (χ4v) is 4.39. The highest BCUT2D eigenvalue weighted by Crippen LogP contribution is 2.37. The Labute approximate surface area is 209 Å². The van der Waals surface area contributed by atoms with E-state index in [4.69, 9.17) is 42.8 Å². The number of halogens is 1. The Morgan fingerprint density at radius 2 is 1.88 bits per heavy atom. The van der Waals surface area contributed by atoms with Gasteiger partial charge in [0.05, 0.1) is 18.2 Å². The van der Waals surface area contributed by atoms with Crippen molar-refractivity contribution < 1.29 is 14.0 Å². The first-order chi connectivity index (χ1) is 16.5. The summed E-state index contributed by atoms with van der Waals surface area (Å²) in [4.78, 5) is 6.79. The summed E-state index contributed by atoms with van der Waals surface area (Å²) in [5, 5.41) is 9.01. The zero-order valence-corrected chi connectivity index (χ0v) is 20.9. The summed E-state index contributed by atoms with van der Waals surface area (Å²) >= 11 is 11.8. The van der Waals surface area contributed by atoms with Gasteiger partial charge in [0.2, 0.25) is 5.82 Å². The van der Waals surface area contributed by atoms with Crippen molar-refractivity contribution in [2.75, 3.05) is 26.9 Å². The smallest absolute Gasteiger partial charge is 0.258 e. The molecule has 0 amide bonds. The fourth-order valence-electron chi connectivity index (χ4n) is 3.92. The van der Waals surface area contributed by atoms with Crippen molar-refractivity contribution in [2.45, 2.75) is 26.3 Å². The number of allylic oxidation sites excluding steroid dienone is 1. The SMILES string of the molecule is CCOc1ccc(-c2noc(C3=C(C)N(CCCOC)C(=S)NC3c3ccc(Cl)cc3)n2)cc1. The summed E-state index contributed by atoms with van der Waals surface area (Å²) in [6.45, 7) is 5.95. The van der Waals surface area contributed by atoms with Gasteiger partial charge in [-0.2, -0.15) is 4.98 Å². The third kappa shape index (κ3) is 5.24. The highest BCUT2D eigenvalue weighted by Gasteiger charge is 2.33. The molecule has 1 unspecified atom stereocenters. The van der Waals surface area contributed by atoms with E-state index in [1.807, 2.05) is 62.4 Å². The van der Waals surface area contributed by atoms with E-state index in [9.17, 15) is 0 Å². The topological polar surface area (TPSA) is 72.7 Å². The van der Waals surface area contributed by atoms with Gasteiger partial charge >= 0.3 is 0 Å². The molecule has 0 bridgehead atoms. The largest absolute Gasteiger partial charge is 0.494 e. The molecule has 1 aromatic heterocycles.